The van der Waals surface area contributed by atoms with Crippen LogP contribution in [0, 0.1) is 0 Å². The summed E-state index contributed by atoms with van der Waals surface area (Å²) in [4.78, 5) is 4.66. The molecule has 2 atom stereocenters. The van der Waals surface area contributed by atoms with Crippen LogP contribution in [-0.4, -0.2) is 64.5 Å². The Labute approximate surface area is 123 Å². The maximum absolute atomic E-state index is 10.5. The van der Waals surface area contributed by atoms with E-state index in [9.17, 15) is 5.11 Å². The van der Waals surface area contributed by atoms with Crippen molar-refractivity contribution in [3.63, 3.8) is 0 Å². The Morgan fingerprint density at radius 1 is 1.47 bits per heavy atom. The van der Waals surface area contributed by atoms with Crippen molar-refractivity contribution in [3.05, 3.63) is 16.4 Å². The molecule has 0 amide bonds. The normalized spacial score (nSPS) is 23.7. The molecule has 6 heteroatoms. The van der Waals surface area contributed by atoms with Crippen molar-refractivity contribution in [2.45, 2.75) is 32.0 Å². The molecule has 1 aromatic rings. The standard InChI is InChI=1S/C13H23BrN4O/c1-4-18-13(11(14)8-15-18)12(19)7-10-9-16(2)5-6-17(10)3/h8,10,12,19H,4-7,9H2,1-3H3. The minimum absolute atomic E-state index is 0.390. The molecule has 0 aromatic carbocycles. The fourth-order valence-electron chi connectivity index (χ4n) is 2.68. The van der Waals surface area contributed by atoms with Crippen LogP contribution in [0.4, 0.5) is 0 Å². The van der Waals surface area contributed by atoms with Crippen LogP contribution < -0.4 is 0 Å². The van der Waals surface area contributed by atoms with Crippen molar-refractivity contribution in [1.82, 2.24) is 19.6 Å². The third kappa shape index (κ3) is 3.37. The first-order valence-corrected chi connectivity index (χ1v) is 7.60. The van der Waals surface area contributed by atoms with E-state index in [-0.39, 0.29) is 0 Å². The van der Waals surface area contributed by atoms with Gasteiger partial charge in [-0.2, -0.15) is 5.10 Å². The highest BCUT2D eigenvalue weighted by Crippen LogP contribution is 2.28. The maximum atomic E-state index is 10.5. The minimum atomic E-state index is -0.476. The van der Waals surface area contributed by atoms with Crippen LogP contribution in [0.5, 0.6) is 0 Å². The molecule has 2 heterocycles. The lowest BCUT2D eigenvalue weighted by molar-refractivity contribution is 0.0598. The van der Waals surface area contributed by atoms with Gasteiger partial charge in [0, 0.05) is 32.2 Å². The van der Waals surface area contributed by atoms with Crippen LogP contribution in [0.15, 0.2) is 10.7 Å². The number of piperazine rings is 1. The van der Waals surface area contributed by atoms with Crippen LogP contribution in [-0.2, 0) is 6.54 Å². The van der Waals surface area contributed by atoms with E-state index < -0.39 is 6.10 Å². The van der Waals surface area contributed by atoms with Crippen molar-refractivity contribution in [2.75, 3.05) is 33.7 Å². The second-order valence-electron chi connectivity index (χ2n) is 5.34. The van der Waals surface area contributed by atoms with Crippen molar-refractivity contribution in [2.24, 2.45) is 0 Å². The van der Waals surface area contributed by atoms with E-state index in [4.69, 9.17) is 0 Å². The lowest BCUT2D eigenvalue weighted by Crippen LogP contribution is -2.50. The van der Waals surface area contributed by atoms with Gasteiger partial charge in [0.2, 0.25) is 0 Å². The molecule has 1 fully saturated rings. The zero-order chi connectivity index (χ0) is 14.0. The minimum Gasteiger partial charge on any atom is -0.387 e. The molecule has 0 bridgehead atoms. The molecule has 1 aliphatic heterocycles. The van der Waals surface area contributed by atoms with Crippen molar-refractivity contribution >= 4 is 15.9 Å². The number of hydrogen-bond acceptors (Lipinski definition) is 4. The van der Waals surface area contributed by atoms with E-state index in [2.05, 4.69) is 44.9 Å². The summed E-state index contributed by atoms with van der Waals surface area (Å²) in [5, 5.41) is 14.8. The lowest BCUT2D eigenvalue weighted by Gasteiger charge is -2.38. The van der Waals surface area contributed by atoms with Gasteiger partial charge in [-0.3, -0.25) is 4.68 Å². The van der Waals surface area contributed by atoms with Gasteiger partial charge in [-0.1, -0.05) is 0 Å². The van der Waals surface area contributed by atoms with Gasteiger partial charge in [0.25, 0.3) is 0 Å². The first kappa shape index (κ1) is 15.0. The topological polar surface area (TPSA) is 44.5 Å². The summed E-state index contributed by atoms with van der Waals surface area (Å²) in [6.45, 7) is 5.97. The molecule has 1 aliphatic rings. The zero-order valence-corrected chi connectivity index (χ0v) is 13.5. The third-order valence-corrected chi connectivity index (χ3v) is 4.53. The Morgan fingerprint density at radius 3 is 2.89 bits per heavy atom. The number of hydrogen-bond donors (Lipinski definition) is 1. The Bertz CT molecular complexity index is 423. The highest BCUT2D eigenvalue weighted by Gasteiger charge is 2.27. The van der Waals surface area contributed by atoms with Gasteiger partial charge >= 0.3 is 0 Å². The van der Waals surface area contributed by atoms with Gasteiger partial charge in [0.1, 0.15) is 0 Å². The largest absolute Gasteiger partial charge is 0.387 e. The van der Waals surface area contributed by atoms with E-state index in [1.165, 1.54) is 0 Å². The quantitative estimate of drug-likeness (QED) is 0.904. The van der Waals surface area contributed by atoms with Crippen molar-refractivity contribution < 1.29 is 5.11 Å². The van der Waals surface area contributed by atoms with Crippen LogP contribution >= 0.6 is 15.9 Å². The van der Waals surface area contributed by atoms with Crippen molar-refractivity contribution in [1.29, 1.82) is 0 Å². The van der Waals surface area contributed by atoms with Crippen LogP contribution in [0.25, 0.3) is 0 Å². The molecule has 0 spiro atoms. The van der Waals surface area contributed by atoms with Crippen LogP contribution in [0.3, 0.4) is 0 Å². The van der Waals surface area contributed by atoms with E-state index >= 15 is 0 Å². The van der Waals surface area contributed by atoms with Gasteiger partial charge in [-0.15, -0.1) is 0 Å². The molecule has 1 aromatic heterocycles. The second kappa shape index (κ2) is 6.35. The molecule has 1 N–H and O–H groups in total. The number of likely N-dealkylation sites (N-methyl/N-ethyl adjacent to an activating group) is 2. The molecule has 1 saturated heterocycles. The molecular formula is C13H23BrN4O. The highest BCUT2D eigenvalue weighted by molar-refractivity contribution is 9.10. The lowest BCUT2D eigenvalue weighted by atomic mass is 10.0. The summed E-state index contributed by atoms with van der Waals surface area (Å²) >= 11 is 3.48. The number of aliphatic hydroxyl groups excluding tert-OH is 1. The van der Waals surface area contributed by atoms with Gasteiger partial charge in [-0.25, -0.2) is 0 Å². The zero-order valence-electron chi connectivity index (χ0n) is 11.9. The molecule has 0 radical (unpaired) electrons. The number of aromatic nitrogens is 2. The van der Waals surface area contributed by atoms with Gasteiger partial charge in [0.15, 0.2) is 0 Å². The molecule has 19 heavy (non-hydrogen) atoms. The van der Waals surface area contributed by atoms with E-state index in [1.54, 1.807) is 6.20 Å². The molecule has 2 unspecified atom stereocenters. The molecule has 108 valence electrons. The second-order valence-corrected chi connectivity index (χ2v) is 6.20. The van der Waals surface area contributed by atoms with Crippen LogP contribution in [0.2, 0.25) is 0 Å². The predicted molar refractivity (Wildman–Crippen MR) is 79.1 cm³/mol. The Morgan fingerprint density at radius 2 is 2.21 bits per heavy atom. The summed E-state index contributed by atoms with van der Waals surface area (Å²) in [6.07, 6.45) is 2.03. The SMILES string of the molecule is CCn1ncc(Br)c1C(O)CC1CN(C)CCN1C. The third-order valence-electron chi connectivity index (χ3n) is 3.92. The predicted octanol–water partition coefficient (Wildman–Crippen LogP) is 1.33. The average Bonchev–Trinajstić information content (AvgIpc) is 2.75. The molecule has 5 nitrogen and oxygen atoms in total. The highest BCUT2D eigenvalue weighted by atomic mass is 79.9. The number of nitrogens with zero attached hydrogens (tertiary/aromatic N) is 4. The monoisotopic (exact) mass is 330 g/mol. The Hall–Kier alpha value is -0.430. The number of halogens is 1. The van der Waals surface area contributed by atoms with Crippen LogP contribution in [0.1, 0.15) is 25.1 Å². The van der Waals surface area contributed by atoms with E-state index in [0.717, 1.165) is 42.8 Å². The summed E-state index contributed by atoms with van der Waals surface area (Å²) < 4.78 is 2.76. The van der Waals surface area contributed by atoms with Crippen molar-refractivity contribution in [3.8, 4) is 0 Å². The van der Waals surface area contributed by atoms with E-state index in [1.807, 2.05) is 11.6 Å². The van der Waals surface area contributed by atoms with Gasteiger partial charge in [-0.05, 0) is 43.4 Å². The first-order chi connectivity index (χ1) is 9.02. The maximum Gasteiger partial charge on any atom is 0.0983 e. The van der Waals surface area contributed by atoms with Gasteiger partial charge in [0.05, 0.1) is 22.5 Å². The fourth-order valence-corrected chi connectivity index (χ4v) is 3.24. The number of aliphatic hydroxyl groups is 1. The molecule has 0 saturated carbocycles. The summed E-state index contributed by atoms with van der Waals surface area (Å²) in [5.74, 6) is 0. The van der Waals surface area contributed by atoms with E-state index in [0.29, 0.717) is 6.04 Å². The fraction of sp³-hybridized carbons (Fsp3) is 0.769. The van der Waals surface area contributed by atoms with Gasteiger partial charge < -0.3 is 14.9 Å². The Kier molecular flexibility index (Phi) is 5.00. The summed E-state index contributed by atoms with van der Waals surface area (Å²) in [5.41, 5.74) is 0.893. The number of rotatable bonds is 4. The first-order valence-electron chi connectivity index (χ1n) is 6.81. The summed E-state index contributed by atoms with van der Waals surface area (Å²) in [6, 6.07) is 0.390. The number of aryl methyl sites for hydroxylation is 1. The summed E-state index contributed by atoms with van der Waals surface area (Å²) in [7, 11) is 4.27. The Balaban J connectivity index is 2.07. The molecule has 0 aliphatic carbocycles. The average molecular weight is 331 g/mol. The molecule has 2 rings (SSSR count). The molecular weight excluding hydrogens is 308 g/mol. The smallest absolute Gasteiger partial charge is 0.0983 e.